The molecule has 5 heterocycles. The Hall–Kier alpha value is -4.43. The largest absolute Gasteiger partial charge is 0.496 e. The number of nitrogens with one attached hydrogen (secondary N) is 2. The van der Waals surface area contributed by atoms with Crippen molar-refractivity contribution >= 4 is 34.5 Å². The second kappa shape index (κ2) is 14.4. The van der Waals surface area contributed by atoms with E-state index in [1.165, 1.54) is 21.1 Å². The van der Waals surface area contributed by atoms with Crippen molar-refractivity contribution in [3.05, 3.63) is 70.9 Å². The van der Waals surface area contributed by atoms with E-state index in [9.17, 15) is 19.8 Å². The molecule has 2 fully saturated rings. The standard InChI is InChI=1S/C45H58N4O9/c1-8-41(53)17-12-19-43(39(51)56-6,35-29(16-21-46-26-41)28-14-10-11-15-32(28)47-35)31-24-30-33(25-34(31)55-5)48(4)37-44(30)20-23-49-22-13-18-42(9-2,36(44)49)38(58-27(3)50)45(37,54)40(52)57-7/h10-11,13-15,18,24-25,36-38,46-47,53-54H,8-9,12,16-17,19-23,26H2,1-7H3/t36-,37+,38+,41-,42+,43-,44+,45-/m0/s1. The Bertz CT molecular complexity index is 2170. The van der Waals surface area contributed by atoms with E-state index in [0.717, 1.165) is 27.7 Å². The highest BCUT2D eigenvalue weighted by Crippen LogP contribution is 2.68. The molecule has 1 aromatic heterocycles. The van der Waals surface area contributed by atoms with Gasteiger partial charge in [0.05, 0.1) is 33.0 Å². The average Bonchev–Trinajstić information content (AvgIpc) is 3.88. The molecule has 1 saturated heterocycles. The Morgan fingerprint density at radius 3 is 2.40 bits per heavy atom. The van der Waals surface area contributed by atoms with Gasteiger partial charge in [0.15, 0.2) is 6.10 Å². The Morgan fingerprint density at radius 1 is 0.948 bits per heavy atom. The van der Waals surface area contributed by atoms with Crippen LogP contribution in [0.15, 0.2) is 48.6 Å². The zero-order valence-corrected chi connectivity index (χ0v) is 34.8. The van der Waals surface area contributed by atoms with Crippen LogP contribution in [-0.2, 0) is 45.8 Å². The van der Waals surface area contributed by atoms with Gasteiger partial charge in [-0.15, -0.1) is 0 Å². The van der Waals surface area contributed by atoms with Crippen LogP contribution in [0, 0.1) is 5.41 Å². The summed E-state index contributed by atoms with van der Waals surface area (Å²) >= 11 is 0. The lowest BCUT2D eigenvalue weighted by Crippen LogP contribution is -2.81. The molecular formula is C45H58N4O9. The normalized spacial score (nSPS) is 34.3. The number of esters is 3. The van der Waals surface area contributed by atoms with Crippen LogP contribution in [0.1, 0.15) is 81.7 Å². The minimum Gasteiger partial charge on any atom is -0.496 e. The molecule has 4 aliphatic heterocycles. The molecule has 0 bridgehead atoms. The fraction of sp³-hybridized carbons (Fsp3) is 0.578. The minimum atomic E-state index is -2.30. The zero-order valence-electron chi connectivity index (χ0n) is 34.8. The summed E-state index contributed by atoms with van der Waals surface area (Å²) in [6.07, 6.45) is 6.18. The molecule has 1 spiro atoms. The number of carbonyl (C=O) groups is 3. The van der Waals surface area contributed by atoms with Crippen LogP contribution in [0.25, 0.3) is 10.9 Å². The Kier molecular flexibility index (Phi) is 10.0. The number of benzene rings is 2. The van der Waals surface area contributed by atoms with Crippen LogP contribution in [0.3, 0.4) is 0 Å². The summed E-state index contributed by atoms with van der Waals surface area (Å²) in [6.45, 7) is 7.59. The lowest BCUT2D eigenvalue weighted by Gasteiger charge is -2.63. The number of β-amino-alcohol motifs (C(OH)–C–C–N with tert-alkyl or cyclic N) is 1. The lowest BCUT2D eigenvalue weighted by molar-refractivity contribution is -0.228. The van der Waals surface area contributed by atoms with Gasteiger partial charge < -0.3 is 44.4 Å². The maximum Gasteiger partial charge on any atom is 0.344 e. The first-order valence-corrected chi connectivity index (χ1v) is 20.7. The molecule has 0 amide bonds. The molecule has 4 N–H and O–H groups in total. The summed E-state index contributed by atoms with van der Waals surface area (Å²) in [6, 6.07) is 10.8. The Balaban J connectivity index is 1.45. The highest BCUT2D eigenvalue weighted by atomic mass is 16.6. The van der Waals surface area contributed by atoms with E-state index >= 15 is 4.79 Å². The molecule has 5 aliphatic rings. The summed E-state index contributed by atoms with van der Waals surface area (Å²) in [5.41, 5.74) is -1.85. The smallest absolute Gasteiger partial charge is 0.344 e. The number of aromatic amines is 1. The number of fused-ring (bicyclic) bond motifs is 4. The first kappa shape index (κ1) is 40.4. The Morgan fingerprint density at radius 2 is 1.71 bits per heavy atom. The minimum absolute atomic E-state index is 0.293. The second-order valence-electron chi connectivity index (χ2n) is 17.2. The topological polar surface area (TPSA) is 163 Å². The molecule has 1 aliphatic carbocycles. The van der Waals surface area contributed by atoms with E-state index in [4.69, 9.17) is 18.9 Å². The molecule has 8 rings (SSSR count). The summed E-state index contributed by atoms with van der Waals surface area (Å²) in [7, 11) is 6.10. The third-order valence-electron chi connectivity index (χ3n) is 14.8. The van der Waals surface area contributed by atoms with E-state index in [1.807, 2.05) is 62.2 Å². The van der Waals surface area contributed by atoms with Gasteiger partial charge in [0, 0.05) is 77.8 Å². The number of rotatable bonds is 7. The van der Waals surface area contributed by atoms with Crippen molar-refractivity contribution in [3.8, 4) is 5.75 Å². The first-order valence-electron chi connectivity index (χ1n) is 20.7. The molecule has 1 saturated carbocycles. The number of hydrogen-bond donors (Lipinski definition) is 4. The molecule has 2 aromatic carbocycles. The van der Waals surface area contributed by atoms with Gasteiger partial charge in [-0.2, -0.15) is 0 Å². The van der Waals surface area contributed by atoms with Gasteiger partial charge in [0.1, 0.15) is 11.2 Å². The van der Waals surface area contributed by atoms with Crippen molar-refractivity contribution in [2.45, 2.75) is 106 Å². The number of anilines is 1. The van der Waals surface area contributed by atoms with Crippen LogP contribution in [0.4, 0.5) is 5.69 Å². The predicted molar refractivity (Wildman–Crippen MR) is 218 cm³/mol. The third kappa shape index (κ3) is 5.31. The molecule has 312 valence electrons. The molecule has 13 nitrogen and oxygen atoms in total. The highest BCUT2D eigenvalue weighted by Gasteiger charge is 2.80. The molecule has 58 heavy (non-hydrogen) atoms. The number of H-pyrrole nitrogens is 1. The number of methoxy groups -OCH3 is 3. The summed E-state index contributed by atoms with van der Waals surface area (Å²) in [5, 5.41) is 29.5. The molecular weight excluding hydrogens is 741 g/mol. The quantitative estimate of drug-likeness (QED) is 0.155. The number of likely N-dealkylation sites (N-methyl/N-ethyl adjacent to an activating group) is 1. The van der Waals surface area contributed by atoms with E-state index in [-0.39, 0.29) is 6.04 Å². The van der Waals surface area contributed by atoms with Crippen molar-refractivity contribution < 1.29 is 43.5 Å². The number of aromatic nitrogens is 1. The van der Waals surface area contributed by atoms with Gasteiger partial charge in [0.25, 0.3) is 0 Å². The van der Waals surface area contributed by atoms with Crippen LogP contribution >= 0.6 is 0 Å². The monoisotopic (exact) mass is 798 g/mol. The molecule has 3 aromatic rings. The number of ether oxygens (including phenoxy) is 4. The zero-order chi connectivity index (χ0) is 41.4. The fourth-order valence-corrected chi connectivity index (χ4v) is 12.4. The van der Waals surface area contributed by atoms with Crippen molar-refractivity contribution in [2.75, 3.05) is 59.5 Å². The highest BCUT2D eigenvalue weighted by molar-refractivity contribution is 5.95. The van der Waals surface area contributed by atoms with Crippen LogP contribution < -0.4 is 15.0 Å². The van der Waals surface area contributed by atoms with E-state index in [0.29, 0.717) is 88.1 Å². The van der Waals surface area contributed by atoms with Gasteiger partial charge in [-0.1, -0.05) is 44.2 Å². The van der Waals surface area contributed by atoms with Gasteiger partial charge in [-0.3, -0.25) is 14.5 Å². The van der Waals surface area contributed by atoms with Crippen molar-refractivity contribution in [3.63, 3.8) is 0 Å². The van der Waals surface area contributed by atoms with E-state index in [2.05, 4.69) is 27.3 Å². The summed E-state index contributed by atoms with van der Waals surface area (Å²) in [5.74, 6) is -1.52. The van der Waals surface area contributed by atoms with Gasteiger partial charge in [-0.25, -0.2) is 4.79 Å². The van der Waals surface area contributed by atoms with Gasteiger partial charge in [-0.05, 0) is 81.3 Å². The number of carbonyl (C=O) groups excluding carboxylic acids is 3. The van der Waals surface area contributed by atoms with E-state index in [1.54, 1.807) is 7.11 Å². The lowest BCUT2D eigenvalue weighted by atomic mass is 9.47. The molecule has 0 radical (unpaired) electrons. The second-order valence-corrected chi connectivity index (χ2v) is 17.2. The number of para-hydroxylation sites is 1. The van der Waals surface area contributed by atoms with Gasteiger partial charge in [0.2, 0.25) is 5.60 Å². The Labute approximate surface area is 340 Å². The van der Waals surface area contributed by atoms with Crippen LogP contribution in [0.2, 0.25) is 0 Å². The number of aliphatic hydroxyl groups is 2. The summed E-state index contributed by atoms with van der Waals surface area (Å²) in [4.78, 5) is 50.5. The van der Waals surface area contributed by atoms with Crippen molar-refractivity contribution in [2.24, 2.45) is 5.41 Å². The molecule has 13 heteroatoms. The SMILES string of the molecule is CC[C@]1(O)CCC[C@](C(=O)OC)(c2cc3c(cc2OC)N(C)[C@H]2[C@@](O)(C(=O)OC)[C@H](OC(C)=O)[C@]4(CC)C=CCN5CC[C@]32[C@@H]54)c2[nH]c3ccccc3c2CCNC1. The molecule has 0 unspecified atom stereocenters. The number of hydrogen-bond acceptors (Lipinski definition) is 12. The molecule has 8 atom stereocenters. The maximum absolute atomic E-state index is 15.1. The van der Waals surface area contributed by atoms with Gasteiger partial charge >= 0.3 is 17.9 Å². The van der Waals surface area contributed by atoms with Crippen LogP contribution in [-0.4, -0.2) is 122 Å². The van der Waals surface area contributed by atoms with Crippen molar-refractivity contribution in [1.82, 2.24) is 15.2 Å². The first-order chi connectivity index (χ1) is 27.8. The summed E-state index contributed by atoms with van der Waals surface area (Å²) < 4.78 is 23.8. The maximum atomic E-state index is 15.1. The predicted octanol–water partition coefficient (Wildman–Crippen LogP) is 4.04. The van der Waals surface area contributed by atoms with E-state index < -0.39 is 57.5 Å². The third-order valence-corrected chi connectivity index (χ3v) is 14.8. The fourth-order valence-electron chi connectivity index (χ4n) is 12.4. The van der Waals surface area contributed by atoms with Crippen LogP contribution in [0.5, 0.6) is 5.75 Å². The van der Waals surface area contributed by atoms with Crippen molar-refractivity contribution in [1.29, 1.82) is 0 Å². The number of nitrogens with zero attached hydrogens (tertiary/aromatic N) is 2. The average molecular weight is 799 g/mol.